The van der Waals surface area contributed by atoms with Crippen LogP contribution in [-0.2, 0) is 17.7 Å². The number of nitrogens with one attached hydrogen (secondary N) is 1. The quantitative estimate of drug-likeness (QED) is 0.396. The van der Waals surface area contributed by atoms with Crippen LogP contribution in [0.3, 0.4) is 0 Å². The topological polar surface area (TPSA) is 112 Å². The minimum Gasteiger partial charge on any atom is -0.497 e. The molecule has 11 heteroatoms. The summed E-state index contributed by atoms with van der Waals surface area (Å²) in [5.74, 6) is -0.391. The van der Waals surface area contributed by atoms with E-state index < -0.39 is 22.8 Å². The van der Waals surface area contributed by atoms with E-state index >= 15 is 4.39 Å². The number of nitro groups is 1. The minimum absolute atomic E-state index is 0.0844. The first-order valence-corrected chi connectivity index (χ1v) is 11.8. The van der Waals surface area contributed by atoms with Gasteiger partial charge in [0, 0.05) is 25.3 Å². The fourth-order valence-corrected chi connectivity index (χ4v) is 4.67. The summed E-state index contributed by atoms with van der Waals surface area (Å²) < 4.78 is 27.6. The lowest BCUT2D eigenvalue weighted by Crippen LogP contribution is -2.38. The van der Waals surface area contributed by atoms with Crippen molar-refractivity contribution in [2.75, 3.05) is 25.2 Å². The molecule has 1 N–H and O–H groups in total. The van der Waals surface area contributed by atoms with E-state index in [0.717, 1.165) is 24.0 Å². The summed E-state index contributed by atoms with van der Waals surface area (Å²) in [6.07, 6.45) is 4.11. The standard InChI is InChI=1S/C25H26FN5O5/c1-35-18-6-4-5-16(11-18)14-27-25(32)29-9-8-17-12-19(21(26)13-22(17)29)20-15-30(28-24(20)31(33)34)23-7-2-3-10-36-23/h4-6,11-13,15,23H,2-3,7-10,14H2,1H3,(H,27,32). The molecule has 5 rings (SSSR count). The molecule has 2 aliphatic heterocycles. The predicted molar refractivity (Wildman–Crippen MR) is 129 cm³/mol. The van der Waals surface area contributed by atoms with Crippen LogP contribution in [0.25, 0.3) is 11.1 Å². The van der Waals surface area contributed by atoms with Gasteiger partial charge in [0.2, 0.25) is 0 Å². The number of anilines is 1. The Morgan fingerprint density at radius 1 is 1.31 bits per heavy atom. The number of fused-ring (bicyclic) bond motifs is 1. The summed E-state index contributed by atoms with van der Waals surface area (Å²) in [6, 6.07) is 9.85. The van der Waals surface area contributed by atoms with Crippen LogP contribution in [-0.4, -0.2) is 41.0 Å². The molecule has 0 radical (unpaired) electrons. The second-order valence-corrected chi connectivity index (χ2v) is 8.80. The van der Waals surface area contributed by atoms with Crippen molar-refractivity contribution in [2.24, 2.45) is 0 Å². The second kappa shape index (κ2) is 9.94. The van der Waals surface area contributed by atoms with E-state index in [2.05, 4.69) is 10.4 Å². The smallest absolute Gasteiger partial charge is 0.398 e. The number of aromatic nitrogens is 2. The lowest BCUT2D eigenvalue weighted by Gasteiger charge is -2.20. The van der Waals surface area contributed by atoms with Crippen LogP contribution < -0.4 is 15.0 Å². The van der Waals surface area contributed by atoms with Crippen molar-refractivity contribution >= 4 is 17.5 Å². The zero-order valence-electron chi connectivity index (χ0n) is 19.8. The summed E-state index contributed by atoms with van der Waals surface area (Å²) in [5.41, 5.74) is 2.23. The van der Waals surface area contributed by atoms with Crippen LogP contribution in [0.5, 0.6) is 5.75 Å². The van der Waals surface area contributed by atoms with Crippen LogP contribution in [0.4, 0.5) is 20.7 Å². The molecule has 0 spiro atoms. The number of methoxy groups -OCH3 is 1. The molecule has 2 aliphatic rings. The van der Waals surface area contributed by atoms with Gasteiger partial charge in [-0.25, -0.2) is 9.18 Å². The van der Waals surface area contributed by atoms with Gasteiger partial charge in [0.25, 0.3) is 0 Å². The van der Waals surface area contributed by atoms with Crippen molar-refractivity contribution in [3.8, 4) is 16.9 Å². The Bertz CT molecular complexity index is 1300. The number of rotatable bonds is 6. The molecule has 36 heavy (non-hydrogen) atoms. The van der Waals surface area contributed by atoms with Crippen molar-refractivity contribution in [3.63, 3.8) is 0 Å². The van der Waals surface area contributed by atoms with Gasteiger partial charge in [0.1, 0.15) is 17.1 Å². The molecule has 0 saturated carbocycles. The Hall–Kier alpha value is -3.99. The fourth-order valence-electron chi connectivity index (χ4n) is 4.67. The van der Waals surface area contributed by atoms with Crippen molar-refractivity contribution in [3.05, 3.63) is 69.7 Å². The van der Waals surface area contributed by atoms with Crippen molar-refractivity contribution < 1.29 is 23.6 Å². The van der Waals surface area contributed by atoms with E-state index in [1.54, 1.807) is 13.2 Å². The summed E-state index contributed by atoms with van der Waals surface area (Å²) in [7, 11) is 1.57. The van der Waals surface area contributed by atoms with Gasteiger partial charge in [-0.15, -0.1) is 0 Å². The number of carbonyl (C=O) groups excluding carboxylic acids is 1. The average molecular weight is 496 g/mol. The monoisotopic (exact) mass is 495 g/mol. The maximum Gasteiger partial charge on any atom is 0.398 e. The van der Waals surface area contributed by atoms with E-state index in [0.29, 0.717) is 37.4 Å². The van der Waals surface area contributed by atoms with Crippen LogP contribution in [0.1, 0.15) is 36.6 Å². The van der Waals surface area contributed by atoms with Gasteiger partial charge in [-0.2, -0.15) is 4.68 Å². The van der Waals surface area contributed by atoms with Crippen LogP contribution in [0.15, 0.2) is 42.6 Å². The van der Waals surface area contributed by atoms with Crippen molar-refractivity contribution in [1.82, 2.24) is 15.1 Å². The van der Waals surface area contributed by atoms with Gasteiger partial charge in [0.05, 0.1) is 24.1 Å². The van der Waals surface area contributed by atoms with Gasteiger partial charge in [-0.05, 0) is 66.0 Å². The molecule has 1 saturated heterocycles. The first-order valence-electron chi connectivity index (χ1n) is 11.8. The molecule has 0 bridgehead atoms. The molecule has 0 aliphatic carbocycles. The third-order valence-electron chi connectivity index (χ3n) is 6.51. The summed E-state index contributed by atoms with van der Waals surface area (Å²) in [6.45, 7) is 1.22. The Kier molecular flexibility index (Phi) is 6.55. The van der Waals surface area contributed by atoms with E-state index in [1.165, 1.54) is 21.8 Å². The van der Waals surface area contributed by atoms with Gasteiger partial charge >= 0.3 is 11.8 Å². The number of amides is 2. The van der Waals surface area contributed by atoms with E-state index in [9.17, 15) is 14.9 Å². The SMILES string of the molecule is COc1cccc(CNC(=O)N2CCc3cc(-c4cn(C5CCCCO5)nc4[N+](=O)[O-])c(F)cc32)c1. The molecule has 10 nitrogen and oxygen atoms in total. The fraction of sp³-hybridized carbons (Fsp3) is 0.360. The normalized spacial score (nSPS) is 17.1. The molecular formula is C25H26FN5O5. The maximum absolute atomic E-state index is 15.3. The maximum atomic E-state index is 15.3. The molecule has 2 aromatic carbocycles. The van der Waals surface area contributed by atoms with Gasteiger partial charge in [-0.1, -0.05) is 12.1 Å². The Morgan fingerprint density at radius 2 is 2.17 bits per heavy atom. The largest absolute Gasteiger partial charge is 0.497 e. The van der Waals surface area contributed by atoms with Gasteiger partial charge < -0.3 is 24.9 Å². The number of ether oxygens (including phenoxy) is 2. The lowest BCUT2D eigenvalue weighted by atomic mass is 10.0. The van der Waals surface area contributed by atoms with E-state index in [4.69, 9.17) is 9.47 Å². The number of urea groups is 1. The molecule has 1 aromatic heterocycles. The number of hydrogen-bond acceptors (Lipinski definition) is 6. The molecule has 2 amide bonds. The zero-order chi connectivity index (χ0) is 25.2. The van der Waals surface area contributed by atoms with Gasteiger partial charge in [-0.3, -0.25) is 4.90 Å². The molecule has 1 unspecified atom stereocenters. The number of benzene rings is 2. The highest BCUT2D eigenvalue weighted by atomic mass is 19.1. The zero-order valence-corrected chi connectivity index (χ0v) is 19.8. The molecular weight excluding hydrogens is 469 g/mol. The predicted octanol–water partition coefficient (Wildman–Crippen LogP) is 4.58. The summed E-state index contributed by atoms with van der Waals surface area (Å²) in [4.78, 5) is 25.4. The molecule has 3 heterocycles. The van der Waals surface area contributed by atoms with Crippen molar-refractivity contribution in [2.45, 2.75) is 38.5 Å². The molecule has 1 atom stereocenters. The number of nitrogens with zero attached hydrogens (tertiary/aromatic N) is 4. The number of halogens is 1. The second-order valence-electron chi connectivity index (χ2n) is 8.80. The molecule has 188 valence electrons. The van der Waals surface area contributed by atoms with Crippen molar-refractivity contribution in [1.29, 1.82) is 0 Å². The number of hydrogen-bond donors (Lipinski definition) is 1. The first kappa shape index (κ1) is 23.7. The Morgan fingerprint density at radius 3 is 2.92 bits per heavy atom. The lowest BCUT2D eigenvalue weighted by molar-refractivity contribution is -0.389. The van der Waals surface area contributed by atoms with E-state index in [1.807, 2.05) is 24.3 Å². The van der Waals surface area contributed by atoms with Gasteiger partial charge in [0.15, 0.2) is 6.23 Å². The Balaban J connectivity index is 1.38. The third-order valence-corrected chi connectivity index (χ3v) is 6.51. The Labute approximate surface area is 206 Å². The summed E-state index contributed by atoms with van der Waals surface area (Å²) >= 11 is 0. The third kappa shape index (κ3) is 4.61. The van der Waals surface area contributed by atoms with Crippen LogP contribution >= 0.6 is 0 Å². The first-order chi connectivity index (χ1) is 17.4. The highest BCUT2D eigenvalue weighted by molar-refractivity contribution is 5.95. The average Bonchev–Trinajstić information content (AvgIpc) is 3.52. The minimum atomic E-state index is -0.659. The highest BCUT2D eigenvalue weighted by Crippen LogP contribution is 2.38. The summed E-state index contributed by atoms with van der Waals surface area (Å²) in [5, 5.41) is 18.7. The molecule has 3 aromatic rings. The highest BCUT2D eigenvalue weighted by Gasteiger charge is 2.32. The van der Waals surface area contributed by atoms with Crippen LogP contribution in [0, 0.1) is 15.9 Å². The van der Waals surface area contributed by atoms with Crippen LogP contribution in [0.2, 0.25) is 0 Å². The number of carbonyl (C=O) groups is 1. The van der Waals surface area contributed by atoms with E-state index in [-0.39, 0.29) is 23.7 Å². The molecule has 1 fully saturated rings.